The lowest BCUT2D eigenvalue weighted by Gasteiger charge is -2.38. The van der Waals surface area contributed by atoms with Crippen LogP contribution in [0.5, 0.6) is 0 Å². The monoisotopic (exact) mass is 314 g/mol. The molecule has 1 aliphatic rings. The fourth-order valence-electron chi connectivity index (χ4n) is 2.48. The Morgan fingerprint density at radius 2 is 2.00 bits per heavy atom. The molecule has 0 saturated carbocycles. The number of nitrogens with one attached hydrogen (secondary N) is 1. The summed E-state index contributed by atoms with van der Waals surface area (Å²) in [6.07, 6.45) is 0.658. The molecule has 0 unspecified atom stereocenters. The third-order valence-corrected chi connectivity index (χ3v) is 3.69. The molecule has 0 aliphatic carbocycles. The number of carbonyl (C=O) groups is 1. The number of benzene rings is 1. The summed E-state index contributed by atoms with van der Waals surface area (Å²) >= 11 is 0. The topological polar surface area (TPSA) is 71.3 Å². The average molecular weight is 314 g/mol. The summed E-state index contributed by atoms with van der Waals surface area (Å²) < 4.78 is 5.35. The summed E-state index contributed by atoms with van der Waals surface area (Å²) in [5, 5.41) is 6.99. The summed E-state index contributed by atoms with van der Waals surface area (Å²) in [5.41, 5.74) is 0.926. The largest absolute Gasteiger partial charge is 0.339 e. The molecule has 0 radical (unpaired) electrons. The van der Waals surface area contributed by atoms with Crippen molar-refractivity contribution < 1.29 is 9.32 Å². The SMILES string of the molecule is CC(C)(C)NC(=O)N1CC(c2nc(Cc3ccccc3)no2)C1. The van der Waals surface area contributed by atoms with Crippen LogP contribution in [0.2, 0.25) is 0 Å². The molecule has 1 fully saturated rings. The Morgan fingerprint density at radius 3 is 2.65 bits per heavy atom. The number of rotatable bonds is 3. The molecule has 1 N–H and O–H groups in total. The first-order chi connectivity index (χ1) is 10.9. The van der Waals surface area contributed by atoms with Crippen molar-refractivity contribution in [3.8, 4) is 0 Å². The van der Waals surface area contributed by atoms with E-state index in [1.165, 1.54) is 0 Å². The third kappa shape index (κ3) is 3.88. The van der Waals surface area contributed by atoms with Gasteiger partial charge in [0.1, 0.15) is 0 Å². The quantitative estimate of drug-likeness (QED) is 0.945. The zero-order chi connectivity index (χ0) is 16.4. The number of amides is 2. The van der Waals surface area contributed by atoms with Gasteiger partial charge in [0, 0.05) is 25.0 Å². The minimum Gasteiger partial charge on any atom is -0.339 e. The molecule has 0 spiro atoms. The third-order valence-electron chi connectivity index (χ3n) is 3.69. The van der Waals surface area contributed by atoms with Crippen LogP contribution >= 0.6 is 0 Å². The predicted octanol–water partition coefficient (Wildman–Crippen LogP) is 2.57. The first-order valence-corrected chi connectivity index (χ1v) is 7.84. The molecule has 2 amide bonds. The number of carbonyl (C=O) groups excluding carboxylic acids is 1. The number of urea groups is 1. The molecule has 3 rings (SSSR count). The Balaban J connectivity index is 1.54. The van der Waals surface area contributed by atoms with E-state index in [2.05, 4.69) is 15.5 Å². The van der Waals surface area contributed by atoms with Gasteiger partial charge in [-0.05, 0) is 26.3 Å². The van der Waals surface area contributed by atoms with E-state index < -0.39 is 0 Å². The van der Waals surface area contributed by atoms with E-state index in [1.54, 1.807) is 4.90 Å². The Labute approximate surface area is 135 Å². The molecule has 122 valence electrons. The lowest BCUT2D eigenvalue weighted by atomic mass is 10.0. The van der Waals surface area contributed by atoms with Crippen LogP contribution in [0.4, 0.5) is 4.79 Å². The van der Waals surface area contributed by atoms with Crippen LogP contribution in [-0.4, -0.2) is 39.7 Å². The fraction of sp³-hybridized carbons (Fsp3) is 0.471. The first kappa shape index (κ1) is 15.5. The van der Waals surface area contributed by atoms with Gasteiger partial charge in [0.25, 0.3) is 0 Å². The molecule has 0 atom stereocenters. The summed E-state index contributed by atoms with van der Waals surface area (Å²) in [6, 6.07) is 10.0. The van der Waals surface area contributed by atoms with Gasteiger partial charge in [-0.2, -0.15) is 4.98 Å². The summed E-state index contributed by atoms with van der Waals surface area (Å²) in [6.45, 7) is 7.14. The Hall–Kier alpha value is -2.37. The summed E-state index contributed by atoms with van der Waals surface area (Å²) in [7, 11) is 0. The molecule has 6 nitrogen and oxygen atoms in total. The summed E-state index contributed by atoms with van der Waals surface area (Å²) in [4.78, 5) is 18.2. The molecular weight excluding hydrogens is 292 g/mol. The normalized spacial score (nSPS) is 15.3. The van der Waals surface area contributed by atoms with Crippen LogP contribution in [0.25, 0.3) is 0 Å². The minimum atomic E-state index is -0.227. The molecule has 1 saturated heterocycles. The Morgan fingerprint density at radius 1 is 1.30 bits per heavy atom. The van der Waals surface area contributed by atoms with Crippen molar-refractivity contribution in [3.63, 3.8) is 0 Å². The minimum absolute atomic E-state index is 0.0437. The van der Waals surface area contributed by atoms with Crippen LogP contribution in [0, 0.1) is 0 Å². The second-order valence-electron chi connectivity index (χ2n) is 6.99. The highest BCUT2D eigenvalue weighted by molar-refractivity contribution is 5.76. The number of likely N-dealkylation sites (tertiary alicyclic amines) is 1. The predicted molar refractivity (Wildman–Crippen MR) is 86.1 cm³/mol. The van der Waals surface area contributed by atoms with Crippen molar-refractivity contribution in [1.29, 1.82) is 0 Å². The molecule has 0 bridgehead atoms. The highest BCUT2D eigenvalue weighted by Gasteiger charge is 2.36. The standard InChI is InChI=1S/C17H22N4O2/c1-17(2,3)19-16(22)21-10-13(11-21)15-18-14(20-23-15)9-12-7-5-4-6-8-12/h4-8,13H,9-11H2,1-3H3,(H,19,22). The second kappa shape index (κ2) is 6.02. The van der Waals surface area contributed by atoms with Crippen LogP contribution < -0.4 is 5.32 Å². The van der Waals surface area contributed by atoms with Gasteiger partial charge in [0.05, 0.1) is 5.92 Å². The molecule has 23 heavy (non-hydrogen) atoms. The van der Waals surface area contributed by atoms with Gasteiger partial charge < -0.3 is 14.7 Å². The van der Waals surface area contributed by atoms with E-state index in [0.29, 0.717) is 31.2 Å². The van der Waals surface area contributed by atoms with Crippen molar-refractivity contribution in [2.45, 2.75) is 38.6 Å². The van der Waals surface area contributed by atoms with Gasteiger partial charge in [0.2, 0.25) is 5.89 Å². The van der Waals surface area contributed by atoms with Crippen LogP contribution in [-0.2, 0) is 6.42 Å². The van der Waals surface area contributed by atoms with Gasteiger partial charge >= 0.3 is 6.03 Å². The van der Waals surface area contributed by atoms with Crippen molar-refractivity contribution >= 4 is 6.03 Å². The zero-order valence-corrected chi connectivity index (χ0v) is 13.7. The molecule has 6 heteroatoms. The van der Waals surface area contributed by atoms with Gasteiger partial charge in [0.15, 0.2) is 5.82 Å². The average Bonchev–Trinajstić information content (AvgIpc) is 2.84. The molecule has 2 heterocycles. The van der Waals surface area contributed by atoms with Gasteiger partial charge in [-0.25, -0.2) is 4.79 Å². The molecule has 1 aliphatic heterocycles. The van der Waals surface area contributed by atoms with Crippen molar-refractivity contribution in [3.05, 3.63) is 47.6 Å². The van der Waals surface area contributed by atoms with Crippen molar-refractivity contribution in [2.75, 3.05) is 13.1 Å². The number of nitrogens with zero attached hydrogens (tertiary/aromatic N) is 3. The van der Waals surface area contributed by atoms with Crippen LogP contribution in [0.3, 0.4) is 0 Å². The van der Waals surface area contributed by atoms with Crippen LogP contribution in [0.1, 0.15) is 44.0 Å². The number of hydrogen-bond acceptors (Lipinski definition) is 4. The zero-order valence-electron chi connectivity index (χ0n) is 13.7. The van der Waals surface area contributed by atoms with E-state index in [9.17, 15) is 4.79 Å². The molecule has 1 aromatic heterocycles. The second-order valence-corrected chi connectivity index (χ2v) is 6.99. The van der Waals surface area contributed by atoms with Gasteiger partial charge in [-0.15, -0.1) is 0 Å². The Kier molecular flexibility index (Phi) is 4.07. The molecule has 1 aromatic carbocycles. The maximum absolute atomic E-state index is 12.0. The molecule has 2 aromatic rings. The fourth-order valence-corrected chi connectivity index (χ4v) is 2.48. The highest BCUT2D eigenvalue weighted by Crippen LogP contribution is 2.26. The van der Waals surface area contributed by atoms with Crippen molar-refractivity contribution in [1.82, 2.24) is 20.4 Å². The van der Waals surface area contributed by atoms with Gasteiger partial charge in [-0.3, -0.25) is 0 Å². The first-order valence-electron chi connectivity index (χ1n) is 7.84. The van der Waals surface area contributed by atoms with Crippen LogP contribution in [0.15, 0.2) is 34.9 Å². The van der Waals surface area contributed by atoms with Gasteiger partial charge in [-0.1, -0.05) is 35.5 Å². The van der Waals surface area contributed by atoms with E-state index in [1.807, 2.05) is 51.1 Å². The van der Waals surface area contributed by atoms with E-state index in [0.717, 1.165) is 5.56 Å². The number of aromatic nitrogens is 2. The lowest BCUT2D eigenvalue weighted by Crippen LogP contribution is -2.56. The highest BCUT2D eigenvalue weighted by atomic mass is 16.5. The maximum atomic E-state index is 12.0. The van der Waals surface area contributed by atoms with Crippen molar-refractivity contribution in [2.24, 2.45) is 0 Å². The van der Waals surface area contributed by atoms with E-state index in [-0.39, 0.29) is 17.5 Å². The smallest absolute Gasteiger partial charge is 0.317 e. The lowest BCUT2D eigenvalue weighted by molar-refractivity contribution is 0.131. The van der Waals surface area contributed by atoms with E-state index >= 15 is 0 Å². The number of hydrogen-bond donors (Lipinski definition) is 1. The maximum Gasteiger partial charge on any atom is 0.317 e. The molecular formula is C17H22N4O2. The summed E-state index contributed by atoms with van der Waals surface area (Å²) in [5.74, 6) is 1.44. The van der Waals surface area contributed by atoms with E-state index in [4.69, 9.17) is 4.52 Å². The Bertz CT molecular complexity index is 669.